The Kier molecular flexibility index (Phi) is 5.45. The summed E-state index contributed by atoms with van der Waals surface area (Å²) >= 11 is 0. The van der Waals surface area contributed by atoms with Gasteiger partial charge in [0.25, 0.3) is 12.3 Å². The summed E-state index contributed by atoms with van der Waals surface area (Å²) in [6.45, 7) is 6.10. The average molecular weight is 486 g/mol. The van der Waals surface area contributed by atoms with Crippen LogP contribution in [0.2, 0.25) is 0 Å². The number of fused-ring (bicyclic) bond motifs is 1. The number of nitrogens with one attached hydrogen (secondary N) is 1. The minimum atomic E-state index is -2.95. The van der Waals surface area contributed by atoms with Crippen molar-refractivity contribution >= 4 is 28.7 Å². The fourth-order valence-corrected chi connectivity index (χ4v) is 5.11. The second-order valence-corrected chi connectivity index (χ2v) is 9.50. The fraction of sp³-hybridized carbons (Fsp3) is 0.417. The molecule has 3 aromatic rings. The summed E-state index contributed by atoms with van der Waals surface area (Å²) in [6.07, 6.45) is -1.50. The van der Waals surface area contributed by atoms with Crippen LogP contribution in [0.4, 0.5) is 19.0 Å². The zero-order chi connectivity index (χ0) is 25.1. The van der Waals surface area contributed by atoms with E-state index in [1.54, 1.807) is 31.5 Å². The fourth-order valence-electron chi connectivity index (χ4n) is 5.11. The van der Waals surface area contributed by atoms with Gasteiger partial charge in [-0.05, 0) is 13.0 Å². The molecule has 184 valence electrons. The van der Waals surface area contributed by atoms with Gasteiger partial charge in [-0.3, -0.25) is 9.59 Å². The third-order valence-corrected chi connectivity index (χ3v) is 6.99. The lowest BCUT2D eigenvalue weighted by Crippen LogP contribution is -2.73. The molecule has 1 atom stereocenters. The molecule has 1 aromatic carbocycles. The Morgan fingerprint density at radius 1 is 1.11 bits per heavy atom. The third kappa shape index (κ3) is 3.78. The van der Waals surface area contributed by atoms with Gasteiger partial charge in [0.2, 0.25) is 5.91 Å². The van der Waals surface area contributed by atoms with E-state index in [9.17, 15) is 22.8 Å². The van der Waals surface area contributed by atoms with Crippen molar-refractivity contribution in [3.05, 3.63) is 53.2 Å². The molecule has 0 radical (unpaired) electrons. The molecule has 2 fully saturated rings. The SMILES string of the molecule is CC(=O)N1CC2(C1)CN(c1ncnc3c1cc(C(=O)N[C@H](C)c1cccc(C(F)F)c1F)n3C)C2. The molecule has 8 nitrogen and oxygen atoms in total. The first-order chi connectivity index (χ1) is 16.6. The highest BCUT2D eigenvalue weighted by atomic mass is 19.3. The van der Waals surface area contributed by atoms with Crippen molar-refractivity contribution in [1.82, 2.24) is 24.8 Å². The first kappa shape index (κ1) is 23.1. The van der Waals surface area contributed by atoms with E-state index in [4.69, 9.17) is 0 Å². The molecule has 0 bridgehead atoms. The Hall–Kier alpha value is -3.63. The predicted molar refractivity (Wildman–Crippen MR) is 123 cm³/mol. The number of halogens is 3. The van der Waals surface area contributed by atoms with E-state index >= 15 is 0 Å². The van der Waals surface area contributed by atoms with Crippen LogP contribution < -0.4 is 10.2 Å². The summed E-state index contributed by atoms with van der Waals surface area (Å²) in [6, 6.07) is 4.61. The lowest BCUT2D eigenvalue weighted by molar-refractivity contribution is -0.142. The molecule has 0 saturated carbocycles. The Morgan fingerprint density at radius 2 is 1.80 bits per heavy atom. The smallest absolute Gasteiger partial charge is 0.268 e. The number of carbonyl (C=O) groups excluding carboxylic acids is 2. The van der Waals surface area contributed by atoms with Gasteiger partial charge >= 0.3 is 0 Å². The molecule has 11 heteroatoms. The second kappa shape index (κ2) is 8.24. The van der Waals surface area contributed by atoms with Gasteiger partial charge in [0.1, 0.15) is 29.3 Å². The molecule has 2 aliphatic rings. The number of likely N-dealkylation sites (tertiary alicyclic amines) is 1. The van der Waals surface area contributed by atoms with Crippen LogP contribution >= 0.6 is 0 Å². The summed E-state index contributed by atoms with van der Waals surface area (Å²) in [5, 5.41) is 3.41. The van der Waals surface area contributed by atoms with E-state index in [0.29, 0.717) is 22.5 Å². The lowest BCUT2D eigenvalue weighted by Gasteiger charge is -2.60. The van der Waals surface area contributed by atoms with Crippen molar-refractivity contribution in [1.29, 1.82) is 0 Å². The quantitative estimate of drug-likeness (QED) is 0.599. The Labute approximate surface area is 199 Å². The summed E-state index contributed by atoms with van der Waals surface area (Å²) in [5.74, 6) is -0.721. The number of aryl methyl sites for hydroxylation is 1. The molecule has 1 spiro atoms. The zero-order valence-electron chi connectivity index (χ0n) is 19.6. The topological polar surface area (TPSA) is 83.4 Å². The molecule has 0 unspecified atom stereocenters. The highest BCUT2D eigenvalue weighted by Gasteiger charge is 2.53. The van der Waals surface area contributed by atoms with Crippen molar-refractivity contribution in [3.8, 4) is 0 Å². The number of rotatable bonds is 5. The Bertz CT molecular complexity index is 1330. The number of benzene rings is 1. The molecule has 2 amide bonds. The van der Waals surface area contributed by atoms with Gasteiger partial charge in [0, 0.05) is 51.1 Å². The van der Waals surface area contributed by atoms with Crippen LogP contribution in [-0.4, -0.2) is 57.4 Å². The molecule has 4 heterocycles. The standard InChI is InChI=1S/C24H25F3N6O2/c1-13(15-5-4-6-16(19(15)25)20(26)27)30-23(35)18-7-17-21(31(18)3)28-12-29-22(17)33-10-24(11-33)8-32(9-24)14(2)34/h4-7,12-13,20H,8-11H2,1-3H3,(H,30,35)/t13-/m1/s1. The highest BCUT2D eigenvalue weighted by Crippen LogP contribution is 2.43. The molecule has 2 saturated heterocycles. The monoisotopic (exact) mass is 486 g/mol. The number of anilines is 1. The Balaban J connectivity index is 1.35. The van der Waals surface area contributed by atoms with Gasteiger partial charge in [-0.15, -0.1) is 0 Å². The first-order valence-corrected chi connectivity index (χ1v) is 11.3. The molecule has 2 aliphatic heterocycles. The van der Waals surface area contributed by atoms with Crippen LogP contribution in [0.3, 0.4) is 0 Å². The van der Waals surface area contributed by atoms with E-state index in [1.165, 1.54) is 18.5 Å². The largest absolute Gasteiger partial charge is 0.354 e. The van der Waals surface area contributed by atoms with E-state index in [0.717, 1.165) is 32.2 Å². The van der Waals surface area contributed by atoms with Crippen molar-refractivity contribution in [2.45, 2.75) is 26.3 Å². The molecule has 5 rings (SSSR count). The predicted octanol–water partition coefficient (Wildman–Crippen LogP) is 3.20. The van der Waals surface area contributed by atoms with Gasteiger partial charge in [0.15, 0.2) is 0 Å². The van der Waals surface area contributed by atoms with Gasteiger partial charge in [-0.2, -0.15) is 0 Å². The number of aromatic nitrogens is 3. The van der Waals surface area contributed by atoms with Crippen molar-refractivity contribution in [3.63, 3.8) is 0 Å². The van der Waals surface area contributed by atoms with Crippen LogP contribution in [0.25, 0.3) is 11.0 Å². The van der Waals surface area contributed by atoms with Crippen LogP contribution in [0.15, 0.2) is 30.6 Å². The average Bonchev–Trinajstić information content (AvgIpc) is 3.09. The number of alkyl halides is 2. The van der Waals surface area contributed by atoms with E-state index in [2.05, 4.69) is 20.2 Å². The van der Waals surface area contributed by atoms with Crippen molar-refractivity contribution < 1.29 is 22.8 Å². The van der Waals surface area contributed by atoms with E-state index in [-0.39, 0.29) is 16.9 Å². The van der Waals surface area contributed by atoms with E-state index in [1.807, 2.05) is 4.90 Å². The highest BCUT2D eigenvalue weighted by molar-refractivity contribution is 6.01. The Morgan fingerprint density at radius 3 is 2.46 bits per heavy atom. The maximum atomic E-state index is 14.5. The summed E-state index contributed by atoms with van der Waals surface area (Å²) < 4.78 is 42.3. The van der Waals surface area contributed by atoms with Crippen LogP contribution in [0.5, 0.6) is 0 Å². The summed E-state index contributed by atoms with van der Waals surface area (Å²) in [4.78, 5) is 37.3. The van der Waals surface area contributed by atoms with Crippen LogP contribution in [0.1, 0.15) is 47.9 Å². The molecular weight excluding hydrogens is 461 g/mol. The number of hydrogen-bond acceptors (Lipinski definition) is 5. The third-order valence-electron chi connectivity index (χ3n) is 6.99. The lowest BCUT2D eigenvalue weighted by atomic mass is 9.72. The van der Waals surface area contributed by atoms with Crippen LogP contribution in [0, 0.1) is 11.2 Å². The number of hydrogen-bond donors (Lipinski definition) is 1. The second-order valence-electron chi connectivity index (χ2n) is 9.50. The first-order valence-electron chi connectivity index (χ1n) is 11.3. The van der Waals surface area contributed by atoms with E-state index < -0.39 is 29.8 Å². The minimum Gasteiger partial charge on any atom is -0.354 e. The van der Waals surface area contributed by atoms with Gasteiger partial charge < -0.3 is 19.7 Å². The number of amides is 2. The number of nitrogens with zero attached hydrogens (tertiary/aromatic N) is 5. The van der Waals surface area contributed by atoms with Gasteiger partial charge in [0.05, 0.1) is 17.0 Å². The maximum Gasteiger partial charge on any atom is 0.268 e. The molecular formula is C24H25F3N6O2. The molecule has 1 N–H and O–H groups in total. The summed E-state index contributed by atoms with van der Waals surface area (Å²) in [5.41, 5.74) is 0.239. The minimum absolute atomic E-state index is 0.0126. The number of carbonyl (C=O) groups is 2. The van der Waals surface area contributed by atoms with Crippen molar-refractivity contribution in [2.24, 2.45) is 12.5 Å². The molecule has 0 aliphatic carbocycles. The van der Waals surface area contributed by atoms with Gasteiger partial charge in [-0.1, -0.05) is 18.2 Å². The normalized spacial score (nSPS) is 17.5. The van der Waals surface area contributed by atoms with Gasteiger partial charge in [-0.25, -0.2) is 23.1 Å². The van der Waals surface area contributed by atoms with Crippen LogP contribution in [-0.2, 0) is 11.8 Å². The van der Waals surface area contributed by atoms with Crippen molar-refractivity contribution in [2.75, 3.05) is 31.1 Å². The molecule has 35 heavy (non-hydrogen) atoms. The zero-order valence-corrected chi connectivity index (χ0v) is 19.6. The maximum absolute atomic E-state index is 14.5. The summed E-state index contributed by atoms with van der Waals surface area (Å²) in [7, 11) is 1.70. The molecule has 2 aromatic heterocycles.